The van der Waals surface area contributed by atoms with Crippen LogP contribution in [0.4, 0.5) is 5.69 Å². The summed E-state index contributed by atoms with van der Waals surface area (Å²) in [6.45, 7) is 6.65. The van der Waals surface area contributed by atoms with Gasteiger partial charge < -0.3 is 10.1 Å². The summed E-state index contributed by atoms with van der Waals surface area (Å²) in [4.78, 5) is 22.1. The molecule has 0 bridgehead atoms. The molecular formula is C13H15BrN2O4. The maximum Gasteiger partial charge on any atom is 0.284 e. The van der Waals surface area contributed by atoms with Crippen molar-refractivity contribution in [3.8, 4) is 0 Å². The van der Waals surface area contributed by atoms with Crippen LogP contribution in [-0.2, 0) is 4.74 Å². The molecule has 6 nitrogen and oxygen atoms in total. The molecule has 0 aliphatic heterocycles. The summed E-state index contributed by atoms with van der Waals surface area (Å²) in [6.07, 6.45) is 0. The normalized spacial score (nSPS) is 10.1. The van der Waals surface area contributed by atoms with Crippen LogP contribution in [0.15, 0.2) is 34.8 Å². The average Bonchev–Trinajstić information content (AvgIpc) is 2.37. The van der Waals surface area contributed by atoms with Crippen molar-refractivity contribution in [1.82, 2.24) is 5.32 Å². The van der Waals surface area contributed by atoms with Crippen LogP contribution in [0, 0.1) is 10.1 Å². The molecule has 1 amide bonds. The molecule has 0 radical (unpaired) electrons. The summed E-state index contributed by atoms with van der Waals surface area (Å²) >= 11 is 3.08. The molecule has 1 rings (SSSR count). The summed E-state index contributed by atoms with van der Waals surface area (Å²) in [7, 11) is 0. The van der Waals surface area contributed by atoms with E-state index in [1.807, 2.05) is 6.92 Å². The van der Waals surface area contributed by atoms with Gasteiger partial charge in [-0.15, -0.1) is 0 Å². The minimum Gasteiger partial charge on any atom is -0.375 e. The van der Waals surface area contributed by atoms with Gasteiger partial charge in [0.15, 0.2) is 0 Å². The molecule has 0 unspecified atom stereocenters. The van der Waals surface area contributed by atoms with Crippen molar-refractivity contribution in [1.29, 1.82) is 0 Å². The van der Waals surface area contributed by atoms with E-state index in [0.29, 0.717) is 19.8 Å². The molecule has 0 heterocycles. The number of benzene rings is 1. The number of nitrogens with one attached hydrogen (secondary N) is 1. The predicted molar refractivity (Wildman–Crippen MR) is 78.8 cm³/mol. The number of hydrogen-bond acceptors (Lipinski definition) is 4. The molecule has 7 heteroatoms. The molecule has 0 saturated heterocycles. The number of halogens is 1. The Morgan fingerprint density at radius 2 is 2.25 bits per heavy atom. The highest BCUT2D eigenvalue weighted by Crippen LogP contribution is 2.28. The third kappa shape index (κ3) is 4.75. The van der Waals surface area contributed by atoms with Crippen LogP contribution in [0.5, 0.6) is 0 Å². The van der Waals surface area contributed by atoms with Crippen LogP contribution in [0.2, 0.25) is 0 Å². The zero-order chi connectivity index (χ0) is 15.1. The maximum absolute atomic E-state index is 11.9. The number of nitro groups is 1. The Morgan fingerprint density at radius 1 is 1.55 bits per heavy atom. The van der Waals surface area contributed by atoms with Gasteiger partial charge in [-0.2, -0.15) is 0 Å². The van der Waals surface area contributed by atoms with E-state index >= 15 is 0 Å². The highest BCUT2D eigenvalue weighted by molar-refractivity contribution is 9.10. The van der Waals surface area contributed by atoms with Crippen LogP contribution in [-0.4, -0.2) is 30.6 Å². The highest BCUT2D eigenvalue weighted by atomic mass is 79.9. The average molecular weight is 343 g/mol. The number of ether oxygens (including phenoxy) is 1. The van der Waals surface area contributed by atoms with Gasteiger partial charge in [-0.1, -0.05) is 18.2 Å². The van der Waals surface area contributed by atoms with Gasteiger partial charge in [0.1, 0.15) is 4.47 Å². The third-order valence-electron chi connectivity index (χ3n) is 2.30. The summed E-state index contributed by atoms with van der Waals surface area (Å²) in [5.74, 6) is -0.389. The minimum atomic E-state index is -0.545. The second kappa shape index (κ2) is 7.76. The second-order valence-corrected chi connectivity index (χ2v) is 4.95. The van der Waals surface area contributed by atoms with Gasteiger partial charge in [0, 0.05) is 12.6 Å². The highest BCUT2D eigenvalue weighted by Gasteiger charge is 2.18. The molecule has 1 N–H and O–H groups in total. The van der Waals surface area contributed by atoms with E-state index in [4.69, 9.17) is 4.74 Å². The summed E-state index contributed by atoms with van der Waals surface area (Å²) < 4.78 is 5.41. The largest absolute Gasteiger partial charge is 0.375 e. The first-order valence-electron chi connectivity index (χ1n) is 5.86. The molecule has 0 atom stereocenters. The zero-order valence-corrected chi connectivity index (χ0v) is 12.6. The van der Waals surface area contributed by atoms with Crippen molar-refractivity contribution in [2.24, 2.45) is 0 Å². The predicted octanol–water partition coefficient (Wildman–Crippen LogP) is 2.68. The van der Waals surface area contributed by atoms with E-state index in [2.05, 4.69) is 27.8 Å². The lowest BCUT2D eigenvalue weighted by Crippen LogP contribution is -2.27. The number of hydrogen-bond donors (Lipinski definition) is 1. The Balaban J connectivity index is 2.58. The Morgan fingerprint density at radius 3 is 2.85 bits per heavy atom. The van der Waals surface area contributed by atoms with Crippen molar-refractivity contribution in [2.45, 2.75) is 6.92 Å². The molecule has 1 aromatic carbocycles. The van der Waals surface area contributed by atoms with Gasteiger partial charge in [-0.25, -0.2) is 0 Å². The fraction of sp³-hybridized carbons (Fsp3) is 0.308. The number of rotatable bonds is 7. The van der Waals surface area contributed by atoms with E-state index in [0.717, 1.165) is 5.57 Å². The zero-order valence-electron chi connectivity index (χ0n) is 11.0. The number of carbonyl (C=O) groups is 1. The quantitative estimate of drug-likeness (QED) is 0.357. The van der Waals surface area contributed by atoms with Crippen LogP contribution in [0.3, 0.4) is 0 Å². The van der Waals surface area contributed by atoms with Gasteiger partial charge in [0.2, 0.25) is 0 Å². The van der Waals surface area contributed by atoms with Gasteiger partial charge in [-0.3, -0.25) is 14.9 Å². The lowest BCUT2D eigenvalue weighted by molar-refractivity contribution is -0.385. The monoisotopic (exact) mass is 342 g/mol. The maximum atomic E-state index is 11.9. The Kier molecular flexibility index (Phi) is 6.33. The lowest BCUT2D eigenvalue weighted by Gasteiger charge is -2.07. The molecule has 0 saturated carbocycles. The van der Waals surface area contributed by atoms with E-state index in [9.17, 15) is 14.9 Å². The first-order chi connectivity index (χ1) is 9.43. The fourth-order valence-corrected chi connectivity index (χ4v) is 2.00. The number of carbonyl (C=O) groups excluding carboxylic acids is 1. The second-order valence-electron chi connectivity index (χ2n) is 4.16. The van der Waals surface area contributed by atoms with Crippen LogP contribution in [0.1, 0.15) is 17.3 Å². The molecule has 0 aliphatic carbocycles. The van der Waals surface area contributed by atoms with Crippen molar-refractivity contribution in [3.63, 3.8) is 0 Å². The number of nitro benzene ring substituents is 1. The molecule has 0 aromatic heterocycles. The lowest BCUT2D eigenvalue weighted by atomic mass is 10.2. The fourth-order valence-electron chi connectivity index (χ4n) is 1.41. The first kappa shape index (κ1) is 16.3. The summed E-state index contributed by atoms with van der Waals surface area (Å²) in [5, 5.41) is 13.4. The molecule has 20 heavy (non-hydrogen) atoms. The number of nitrogens with zero attached hydrogens (tertiary/aromatic N) is 1. The molecule has 0 aliphatic rings. The summed E-state index contributed by atoms with van der Waals surface area (Å²) in [6, 6.07) is 4.31. The van der Waals surface area contributed by atoms with Crippen molar-refractivity contribution in [2.75, 3.05) is 19.8 Å². The van der Waals surface area contributed by atoms with E-state index < -0.39 is 4.92 Å². The van der Waals surface area contributed by atoms with Gasteiger partial charge in [-0.05, 0) is 28.9 Å². The molecule has 0 fully saturated rings. The van der Waals surface area contributed by atoms with Crippen molar-refractivity contribution in [3.05, 3.63) is 50.5 Å². The van der Waals surface area contributed by atoms with E-state index in [1.54, 1.807) is 0 Å². The van der Waals surface area contributed by atoms with Gasteiger partial charge in [0.25, 0.3) is 11.6 Å². The van der Waals surface area contributed by atoms with Crippen LogP contribution in [0.25, 0.3) is 0 Å². The standard InChI is InChI=1S/C13H15BrN2O4/c1-9(2)8-20-7-6-15-13(17)10-4-3-5-11(12(10)14)16(18)19/h3-5H,1,6-8H2,2H3,(H,15,17). The Labute approximate surface area is 125 Å². The van der Waals surface area contributed by atoms with Crippen molar-refractivity contribution < 1.29 is 14.5 Å². The van der Waals surface area contributed by atoms with Gasteiger partial charge in [0.05, 0.1) is 23.7 Å². The SMILES string of the molecule is C=C(C)COCCNC(=O)c1cccc([N+](=O)[O-])c1Br. The van der Waals surface area contributed by atoms with Crippen LogP contribution >= 0.6 is 15.9 Å². The smallest absolute Gasteiger partial charge is 0.284 e. The minimum absolute atomic E-state index is 0.142. The van der Waals surface area contributed by atoms with Crippen LogP contribution < -0.4 is 5.32 Å². The van der Waals surface area contributed by atoms with Gasteiger partial charge >= 0.3 is 0 Å². The first-order valence-corrected chi connectivity index (χ1v) is 6.66. The third-order valence-corrected chi connectivity index (χ3v) is 3.13. The molecule has 1 aromatic rings. The Hall–Kier alpha value is -1.73. The number of amides is 1. The topological polar surface area (TPSA) is 81.5 Å². The molecular weight excluding hydrogens is 328 g/mol. The molecule has 0 spiro atoms. The Bertz CT molecular complexity index is 531. The van der Waals surface area contributed by atoms with Crippen molar-refractivity contribution >= 4 is 27.5 Å². The molecule has 108 valence electrons. The van der Waals surface area contributed by atoms with E-state index in [1.165, 1.54) is 18.2 Å². The summed E-state index contributed by atoms with van der Waals surface area (Å²) in [5.41, 5.74) is 0.980. The van der Waals surface area contributed by atoms with E-state index in [-0.39, 0.29) is 21.6 Å².